The van der Waals surface area contributed by atoms with Crippen LogP contribution in [0.5, 0.6) is 0 Å². The van der Waals surface area contributed by atoms with Crippen molar-refractivity contribution < 1.29 is 0 Å². The van der Waals surface area contributed by atoms with E-state index in [-0.39, 0.29) is 6.04 Å². The summed E-state index contributed by atoms with van der Waals surface area (Å²) in [4.78, 5) is 15.4. The molecule has 18 heavy (non-hydrogen) atoms. The van der Waals surface area contributed by atoms with Crippen LogP contribution in [0.25, 0.3) is 11.2 Å². The van der Waals surface area contributed by atoms with Gasteiger partial charge in [-0.1, -0.05) is 0 Å². The first-order valence-electron chi connectivity index (χ1n) is 5.64. The number of imidazole rings is 1. The molecule has 1 atom stereocenters. The van der Waals surface area contributed by atoms with Gasteiger partial charge in [0, 0.05) is 13.2 Å². The topological polar surface area (TPSA) is 84.3 Å². The number of nitrogens with zero attached hydrogens (tertiary/aromatic N) is 5. The lowest BCUT2D eigenvalue weighted by atomic mass is 10.2. The first-order chi connectivity index (χ1) is 8.74. The molecule has 0 fully saturated rings. The van der Waals surface area contributed by atoms with E-state index in [9.17, 15) is 0 Å². The number of aryl methyl sites for hydroxylation is 1. The highest BCUT2D eigenvalue weighted by atomic mass is 15.3. The van der Waals surface area contributed by atoms with Gasteiger partial charge in [-0.05, 0) is 13.0 Å². The number of aromatic nitrogens is 6. The highest BCUT2D eigenvalue weighted by Crippen LogP contribution is 2.20. The van der Waals surface area contributed by atoms with Crippen molar-refractivity contribution in [3.63, 3.8) is 0 Å². The minimum atomic E-state index is 0.0626. The number of hydrogen-bond acceptors (Lipinski definition) is 5. The van der Waals surface area contributed by atoms with Gasteiger partial charge in [-0.3, -0.25) is 4.68 Å². The van der Waals surface area contributed by atoms with Gasteiger partial charge in [-0.2, -0.15) is 5.10 Å². The maximum atomic E-state index is 4.36. The highest BCUT2D eigenvalue weighted by Gasteiger charge is 2.12. The van der Waals surface area contributed by atoms with Crippen molar-refractivity contribution in [3.8, 4) is 0 Å². The monoisotopic (exact) mass is 243 g/mol. The fourth-order valence-electron chi connectivity index (χ4n) is 1.82. The summed E-state index contributed by atoms with van der Waals surface area (Å²) in [5.74, 6) is 0.732. The van der Waals surface area contributed by atoms with Gasteiger partial charge >= 0.3 is 0 Å². The number of aromatic amines is 1. The molecule has 0 saturated carbocycles. The molecule has 0 aromatic carbocycles. The van der Waals surface area contributed by atoms with Crippen LogP contribution in [0, 0.1) is 0 Å². The molecule has 0 spiro atoms. The number of rotatable bonds is 3. The van der Waals surface area contributed by atoms with Gasteiger partial charge < -0.3 is 10.3 Å². The molecular formula is C11H13N7. The normalized spacial score (nSPS) is 12.8. The zero-order valence-corrected chi connectivity index (χ0v) is 10.1. The third kappa shape index (κ3) is 1.79. The van der Waals surface area contributed by atoms with E-state index < -0.39 is 0 Å². The molecule has 2 N–H and O–H groups in total. The lowest BCUT2D eigenvalue weighted by Gasteiger charge is -2.12. The molecule has 0 bridgehead atoms. The van der Waals surface area contributed by atoms with Crippen molar-refractivity contribution in [2.75, 3.05) is 5.32 Å². The van der Waals surface area contributed by atoms with E-state index >= 15 is 0 Å². The van der Waals surface area contributed by atoms with Crippen LogP contribution >= 0.6 is 0 Å². The summed E-state index contributed by atoms with van der Waals surface area (Å²) in [6, 6.07) is 2.04. The van der Waals surface area contributed by atoms with Crippen molar-refractivity contribution >= 4 is 17.0 Å². The van der Waals surface area contributed by atoms with E-state index in [0.29, 0.717) is 5.65 Å². The van der Waals surface area contributed by atoms with Gasteiger partial charge in [0.1, 0.15) is 11.8 Å². The summed E-state index contributed by atoms with van der Waals surface area (Å²) in [7, 11) is 1.90. The van der Waals surface area contributed by atoms with Gasteiger partial charge in [0.05, 0.1) is 18.1 Å². The first kappa shape index (κ1) is 10.7. The van der Waals surface area contributed by atoms with Crippen molar-refractivity contribution in [1.82, 2.24) is 29.7 Å². The van der Waals surface area contributed by atoms with Crippen LogP contribution in [0.1, 0.15) is 18.7 Å². The van der Waals surface area contributed by atoms with Gasteiger partial charge in [-0.15, -0.1) is 0 Å². The van der Waals surface area contributed by atoms with Gasteiger partial charge in [-0.25, -0.2) is 15.0 Å². The van der Waals surface area contributed by atoms with Crippen molar-refractivity contribution in [3.05, 3.63) is 30.6 Å². The molecule has 0 saturated heterocycles. The molecule has 0 radical (unpaired) electrons. The van der Waals surface area contributed by atoms with Gasteiger partial charge in [0.15, 0.2) is 11.5 Å². The van der Waals surface area contributed by atoms with Crippen LogP contribution in [0.4, 0.5) is 5.82 Å². The molecule has 3 aromatic rings. The lowest BCUT2D eigenvalue weighted by molar-refractivity contribution is 0.717. The molecule has 3 rings (SSSR count). The quantitative estimate of drug-likeness (QED) is 0.723. The summed E-state index contributed by atoms with van der Waals surface area (Å²) in [5.41, 5.74) is 2.42. The number of hydrogen-bond donors (Lipinski definition) is 2. The first-order valence-corrected chi connectivity index (χ1v) is 5.64. The Bertz CT molecular complexity index is 669. The van der Waals surface area contributed by atoms with Crippen molar-refractivity contribution in [2.45, 2.75) is 13.0 Å². The van der Waals surface area contributed by atoms with E-state index in [1.807, 2.05) is 26.2 Å². The van der Waals surface area contributed by atoms with Crippen molar-refractivity contribution in [2.24, 2.45) is 7.05 Å². The minimum Gasteiger partial charge on any atom is -0.360 e. The third-order valence-electron chi connectivity index (χ3n) is 2.75. The Kier molecular flexibility index (Phi) is 2.44. The molecule has 0 aliphatic rings. The molecule has 7 nitrogen and oxygen atoms in total. The van der Waals surface area contributed by atoms with E-state index in [2.05, 4.69) is 30.4 Å². The van der Waals surface area contributed by atoms with E-state index in [1.165, 1.54) is 6.33 Å². The second kappa shape index (κ2) is 4.10. The van der Waals surface area contributed by atoms with Crippen molar-refractivity contribution in [1.29, 1.82) is 0 Å². The summed E-state index contributed by atoms with van der Waals surface area (Å²) in [5, 5.41) is 7.66. The molecule has 7 heteroatoms. The van der Waals surface area contributed by atoms with Crippen LogP contribution < -0.4 is 5.32 Å². The average molecular weight is 243 g/mol. The zero-order chi connectivity index (χ0) is 12.5. The van der Waals surface area contributed by atoms with E-state index in [0.717, 1.165) is 17.0 Å². The second-order valence-electron chi connectivity index (χ2n) is 4.10. The van der Waals surface area contributed by atoms with Crippen LogP contribution in [0.3, 0.4) is 0 Å². The smallest absolute Gasteiger partial charge is 0.182 e. The summed E-state index contributed by atoms with van der Waals surface area (Å²) >= 11 is 0. The summed E-state index contributed by atoms with van der Waals surface area (Å²) in [6.45, 7) is 2.03. The molecule has 0 aliphatic carbocycles. The SMILES string of the molecule is C[C@H](Nc1ncnc2nc[nH]c12)c1ccn(C)n1. The molecule has 0 amide bonds. The van der Waals surface area contributed by atoms with Gasteiger partial charge in [0.25, 0.3) is 0 Å². The van der Waals surface area contributed by atoms with Crippen LogP contribution in [-0.4, -0.2) is 29.7 Å². The highest BCUT2D eigenvalue weighted by molar-refractivity contribution is 5.82. The van der Waals surface area contributed by atoms with Crippen LogP contribution in [-0.2, 0) is 7.05 Å². The summed E-state index contributed by atoms with van der Waals surface area (Å²) < 4.78 is 1.78. The zero-order valence-electron chi connectivity index (χ0n) is 10.1. The molecule has 92 valence electrons. The Morgan fingerprint density at radius 1 is 1.33 bits per heavy atom. The molecule has 0 unspecified atom stereocenters. The second-order valence-corrected chi connectivity index (χ2v) is 4.10. The largest absolute Gasteiger partial charge is 0.360 e. The Balaban J connectivity index is 1.90. The fraction of sp³-hybridized carbons (Fsp3) is 0.273. The lowest BCUT2D eigenvalue weighted by Crippen LogP contribution is -2.09. The molecule has 0 aliphatic heterocycles. The molecular weight excluding hydrogens is 230 g/mol. The molecule has 3 heterocycles. The maximum Gasteiger partial charge on any atom is 0.182 e. The predicted octanol–water partition coefficient (Wildman–Crippen LogP) is 1.26. The summed E-state index contributed by atoms with van der Waals surface area (Å²) in [6.07, 6.45) is 5.02. The Labute approximate surface area is 103 Å². The Hall–Kier alpha value is -2.44. The standard InChI is InChI=1S/C11H13N7/c1-7(8-3-4-18(2)17-8)16-11-9-10(13-5-12-9)14-6-15-11/h3-7H,1-2H3,(H2,12,13,14,15,16)/t7-/m0/s1. The maximum absolute atomic E-state index is 4.36. The number of fused-ring (bicyclic) bond motifs is 1. The van der Waals surface area contributed by atoms with Gasteiger partial charge in [0.2, 0.25) is 0 Å². The number of anilines is 1. The fourth-order valence-corrected chi connectivity index (χ4v) is 1.82. The minimum absolute atomic E-state index is 0.0626. The van der Waals surface area contributed by atoms with E-state index in [1.54, 1.807) is 11.0 Å². The predicted molar refractivity (Wildman–Crippen MR) is 66.9 cm³/mol. The van der Waals surface area contributed by atoms with Crippen LogP contribution in [0.15, 0.2) is 24.9 Å². The Morgan fingerprint density at radius 3 is 3.00 bits per heavy atom. The Morgan fingerprint density at radius 2 is 2.22 bits per heavy atom. The number of H-pyrrole nitrogens is 1. The average Bonchev–Trinajstić information content (AvgIpc) is 2.97. The van der Waals surface area contributed by atoms with Crippen LogP contribution in [0.2, 0.25) is 0 Å². The van der Waals surface area contributed by atoms with E-state index in [4.69, 9.17) is 0 Å². The third-order valence-corrected chi connectivity index (χ3v) is 2.75. The number of nitrogens with one attached hydrogen (secondary N) is 2. The molecule has 3 aromatic heterocycles.